The molecule has 0 aromatic heterocycles. The van der Waals surface area contributed by atoms with E-state index in [1.165, 1.54) is 12.7 Å². The van der Waals surface area contributed by atoms with E-state index in [1.54, 1.807) is 24.3 Å². The average Bonchev–Trinajstić information content (AvgIpc) is 2.61. The third kappa shape index (κ3) is 5.18. The van der Waals surface area contributed by atoms with Gasteiger partial charge in [0.15, 0.2) is 0 Å². The van der Waals surface area contributed by atoms with Crippen LogP contribution in [0.25, 0.3) is 0 Å². The van der Waals surface area contributed by atoms with Gasteiger partial charge in [0.2, 0.25) is 5.91 Å². The van der Waals surface area contributed by atoms with E-state index >= 15 is 0 Å². The second kappa shape index (κ2) is 8.47. The molecule has 0 aliphatic rings. The fraction of sp³-hybridized carbons (Fsp3) is 0.333. The molecule has 4 nitrogen and oxygen atoms in total. The summed E-state index contributed by atoms with van der Waals surface area (Å²) < 4.78 is 4.66. The molecule has 132 valence electrons. The van der Waals surface area contributed by atoms with E-state index in [-0.39, 0.29) is 11.8 Å². The van der Waals surface area contributed by atoms with Gasteiger partial charge in [0.1, 0.15) is 0 Å². The van der Waals surface area contributed by atoms with Gasteiger partial charge in [-0.2, -0.15) is 0 Å². The summed E-state index contributed by atoms with van der Waals surface area (Å²) in [6.07, 6.45) is 1.04. The Morgan fingerprint density at radius 2 is 1.56 bits per heavy atom. The van der Waals surface area contributed by atoms with Crippen molar-refractivity contribution in [3.63, 3.8) is 0 Å². The molecule has 2 aromatic rings. The Morgan fingerprint density at radius 3 is 2.08 bits per heavy atom. The lowest BCUT2D eigenvalue weighted by atomic mass is 9.96. The van der Waals surface area contributed by atoms with Crippen LogP contribution in [0.3, 0.4) is 0 Å². The molecule has 0 heterocycles. The molecule has 0 aliphatic carbocycles. The molecule has 0 fully saturated rings. The van der Waals surface area contributed by atoms with Crippen LogP contribution in [0.5, 0.6) is 0 Å². The zero-order valence-electron chi connectivity index (χ0n) is 15.2. The molecule has 4 heteroatoms. The normalized spacial score (nSPS) is 11.9. The Bertz CT molecular complexity index is 718. The van der Waals surface area contributed by atoms with Gasteiger partial charge >= 0.3 is 5.97 Å². The van der Waals surface area contributed by atoms with E-state index < -0.39 is 5.97 Å². The summed E-state index contributed by atoms with van der Waals surface area (Å²) in [5.41, 5.74) is 3.37. The molecule has 2 rings (SSSR count). The van der Waals surface area contributed by atoms with Crippen LogP contribution in [0.2, 0.25) is 0 Å². The van der Waals surface area contributed by atoms with Gasteiger partial charge in [0.25, 0.3) is 0 Å². The number of carbonyl (C=O) groups is 2. The van der Waals surface area contributed by atoms with Crippen LogP contribution in [-0.2, 0) is 16.0 Å². The molecule has 1 N–H and O–H groups in total. The van der Waals surface area contributed by atoms with Crippen molar-refractivity contribution in [1.82, 2.24) is 0 Å². The molecule has 0 saturated carbocycles. The van der Waals surface area contributed by atoms with E-state index in [0.717, 1.165) is 12.0 Å². The monoisotopic (exact) mass is 339 g/mol. The van der Waals surface area contributed by atoms with Crippen LogP contribution < -0.4 is 5.32 Å². The Morgan fingerprint density at radius 1 is 0.960 bits per heavy atom. The molecule has 2 aromatic carbocycles. The number of anilines is 1. The number of amides is 1. The fourth-order valence-corrected chi connectivity index (χ4v) is 2.62. The van der Waals surface area contributed by atoms with Gasteiger partial charge < -0.3 is 10.1 Å². The molecule has 25 heavy (non-hydrogen) atoms. The smallest absolute Gasteiger partial charge is 0.337 e. The summed E-state index contributed by atoms with van der Waals surface area (Å²) in [4.78, 5) is 23.9. The Kier molecular flexibility index (Phi) is 6.34. The van der Waals surface area contributed by atoms with Crippen molar-refractivity contribution in [2.75, 3.05) is 12.4 Å². The summed E-state index contributed by atoms with van der Waals surface area (Å²) >= 11 is 0. The van der Waals surface area contributed by atoms with Crippen LogP contribution in [0.1, 0.15) is 48.2 Å². The lowest BCUT2D eigenvalue weighted by molar-refractivity contribution is -0.117. The highest BCUT2D eigenvalue weighted by Crippen LogP contribution is 2.20. The minimum Gasteiger partial charge on any atom is -0.465 e. The first-order chi connectivity index (χ1) is 11.9. The van der Waals surface area contributed by atoms with Crippen LogP contribution in [0, 0.1) is 5.92 Å². The second-order valence-corrected chi connectivity index (χ2v) is 6.62. The van der Waals surface area contributed by atoms with Crippen molar-refractivity contribution in [2.24, 2.45) is 5.92 Å². The molecular weight excluding hydrogens is 314 g/mol. The number of methoxy groups -OCH3 is 1. The average molecular weight is 339 g/mol. The number of esters is 1. The zero-order chi connectivity index (χ0) is 18.4. The van der Waals surface area contributed by atoms with Crippen LogP contribution in [0.4, 0.5) is 5.69 Å². The highest BCUT2D eigenvalue weighted by molar-refractivity contribution is 5.96. The molecule has 1 unspecified atom stereocenters. The molecule has 0 radical (unpaired) electrons. The molecule has 1 atom stereocenters. The third-order valence-corrected chi connectivity index (χ3v) is 4.09. The van der Waals surface area contributed by atoms with Crippen LogP contribution in [0.15, 0.2) is 48.5 Å². The summed E-state index contributed by atoms with van der Waals surface area (Å²) in [6.45, 7) is 6.26. The van der Waals surface area contributed by atoms with Gasteiger partial charge in [-0.15, -0.1) is 0 Å². The van der Waals surface area contributed by atoms with Gasteiger partial charge in [-0.05, 0) is 54.7 Å². The SMILES string of the molecule is COC(=O)c1ccc(NC(=O)C(C)c2ccc(CC(C)C)cc2)cc1. The number of ether oxygens (including phenoxy) is 1. The number of carbonyl (C=O) groups excluding carboxylic acids is 2. The minimum atomic E-state index is -0.396. The predicted octanol–water partition coefficient (Wildman–Crippen LogP) is 4.41. The summed E-state index contributed by atoms with van der Waals surface area (Å²) in [7, 11) is 1.34. The van der Waals surface area contributed by atoms with E-state index in [2.05, 4.69) is 36.0 Å². The molecule has 1 amide bonds. The first-order valence-electron chi connectivity index (χ1n) is 8.48. The minimum absolute atomic E-state index is 0.0811. The molecular formula is C21H25NO3. The van der Waals surface area contributed by atoms with E-state index in [1.807, 2.05) is 19.1 Å². The number of rotatable bonds is 6. The summed E-state index contributed by atoms with van der Waals surface area (Å²) in [5, 5.41) is 2.88. The van der Waals surface area contributed by atoms with Gasteiger partial charge in [0.05, 0.1) is 18.6 Å². The van der Waals surface area contributed by atoms with Crippen molar-refractivity contribution in [3.8, 4) is 0 Å². The zero-order valence-corrected chi connectivity index (χ0v) is 15.2. The van der Waals surface area contributed by atoms with Gasteiger partial charge in [0, 0.05) is 5.69 Å². The van der Waals surface area contributed by atoms with Crippen LogP contribution in [-0.4, -0.2) is 19.0 Å². The maximum Gasteiger partial charge on any atom is 0.337 e. The standard InChI is InChI=1S/C21H25NO3/c1-14(2)13-16-5-7-17(8-6-16)15(3)20(23)22-19-11-9-18(10-12-19)21(24)25-4/h5-12,14-15H,13H2,1-4H3,(H,22,23). The number of hydrogen-bond donors (Lipinski definition) is 1. The van der Waals surface area contributed by atoms with E-state index in [4.69, 9.17) is 0 Å². The molecule has 0 spiro atoms. The second-order valence-electron chi connectivity index (χ2n) is 6.62. The fourth-order valence-electron chi connectivity index (χ4n) is 2.62. The predicted molar refractivity (Wildman–Crippen MR) is 99.8 cm³/mol. The van der Waals surface area contributed by atoms with E-state index in [0.29, 0.717) is 17.2 Å². The van der Waals surface area contributed by atoms with Gasteiger partial charge in [-0.1, -0.05) is 38.1 Å². The van der Waals surface area contributed by atoms with Gasteiger partial charge in [-0.3, -0.25) is 4.79 Å². The highest BCUT2D eigenvalue weighted by Gasteiger charge is 2.16. The van der Waals surface area contributed by atoms with Crippen molar-refractivity contribution in [1.29, 1.82) is 0 Å². The Labute approximate surface area is 149 Å². The maximum absolute atomic E-state index is 12.4. The topological polar surface area (TPSA) is 55.4 Å². The number of hydrogen-bond acceptors (Lipinski definition) is 3. The molecule has 0 aliphatic heterocycles. The van der Waals surface area contributed by atoms with Crippen molar-refractivity contribution >= 4 is 17.6 Å². The van der Waals surface area contributed by atoms with E-state index in [9.17, 15) is 9.59 Å². The van der Waals surface area contributed by atoms with Crippen molar-refractivity contribution < 1.29 is 14.3 Å². The van der Waals surface area contributed by atoms with Crippen molar-refractivity contribution in [2.45, 2.75) is 33.1 Å². The largest absolute Gasteiger partial charge is 0.465 e. The highest BCUT2D eigenvalue weighted by atomic mass is 16.5. The quantitative estimate of drug-likeness (QED) is 0.793. The number of nitrogens with one attached hydrogen (secondary N) is 1. The molecule has 0 bridgehead atoms. The number of benzene rings is 2. The van der Waals surface area contributed by atoms with Crippen LogP contribution >= 0.6 is 0 Å². The third-order valence-electron chi connectivity index (χ3n) is 4.09. The summed E-state index contributed by atoms with van der Waals surface area (Å²) in [6, 6.07) is 14.9. The Balaban J connectivity index is 2.01. The van der Waals surface area contributed by atoms with Gasteiger partial charge in [-0.25, -0.2) is 4.79 Å². The Hall–Kier alpha value is -2.62. The summed E-state index contributed by atoms with van der Waals surface area (Å²) in [5.74, 6) is -0.122. The lowest BCUT2D eigenvalue weighted by Crippen LogP contribution is -2.19. The first kappa shape index (κ1) is 18.7. The lowest BCUT2D eigenvalue weighted by Gasteiger charge is -2.14. The molecule has 0 saturated heterocycles. The maximum atomic E-state index is 12.4. The van der Waals surface area contributed by atoms with Crippen molar-refractivity contribution in [3.05, 3.63) is 65.2 Å². The first-order valence-corrected chi connectivity index (χ1v) is 8.48.